The molecule has 0 aromatic rings. The molecule has 1 rings (SSSR count). The van der Waals surface area contributed by atoms with Crippen molar-refractivity contribution in [3.63, 3.8) is 0 Å². The minimum absolute atomic E-state index is 0.550. The van der Waals surface area contributed by atoms with Gasteiger partial charge in [0.2, 0.25) is 0 Å². The summed E-state index contributed by atoms with van der Waals surface area (Å²) in [6.07, 6.45) is 6.23. The molecule has 0 spiro atoms. The molecule has 0 saturated heterocycles. The number of nitrogens with zero attached hydrogens (tertiary/aromatic N) is 2. The number of halogens is 1. The van der Waals surface area contributed by atoms with E-state index < -0.39 is 5.54 Å². The van der Waals surface area contributed by atoms with Gasteiger partial charge < -0.3 is 5.32 Å². The summed E-state index contributed by atoms with van der Waals surface area (Å²) in [7, 11) is 0. The second-order valence-electron chi connectivity index (χ2n) is 3.59. The first-order valence-electron chi connectivity index (χ1n) is 4.31. The Labute approximate surface area is 92.3 Å². The quantitative estimate of drug-likeness (QED) is 0.822. The van der Waals surface area contributed by atoms with Crippen LogP contribution >= 0.6 is 15.9 Å². The van der Waals surface area contributed by atoms with Gasteiger partial charge in [-0.25, -0.2) is 0 Å². The Morgan fingerprint density at radius 2 is 2.36 bits per heavy atom. The molecule has 0 aromatic heterocycles. The highest BCUT2D eigenvalue weighted by Gasteiger charge is 2.16. The maximum atomic E-state index is 8.84. The van der Waals surface area contributed by atoms with E-state index in [2.05, 4.69) is 32.3 Å². The topological polar surface area (TPSA) is 48.2 Å². The predicted molar refractivity (Wildman–Crippen MR) is 61.0 cm³/mol. The summed E-state index contributed by atoms with van der Waals surface area (Å²) in [5.74, 6) is 0. The molecule has 0 unspecified atom stereocenters. The van der Waals surface area contributed by atoms with Gasteiger partial charge in [-0.05, 0) is 29.8 Å². The Hall–Kier alpha value is -1.08. The van der Waals surface area contributed by atoms with Crippen molar-refractivity contribution in [2.45, 2.75) is 25.8 Å². The van der Waals surface area contributed by atoms with Crippen LogP contribution in [0.1, 0.15) is 20.3 Å². The van der Waals surface area contributed by atoms with Crippen LogP contribution in [0, 0.1) is 11.3 Å². The molecule has 1 heterocycles. The monoisotopic (exact) mass is 253 g/mol. The molecular formula is C10H12BrN3. The molecule has 0 radical (unpaired) electrons. The molecule has 0 amide bonds. The van der Waals surface area contributed by atoms with Gasteiger partial charge in [0, 0.05) is 29.0 Å². The molecule has 0 fully saturated rings. The Balaban J connectivity index is 2.70. The third-order valence-electron chi connectivity index (χ3n) is 1.70. The summed E-state index contributed by atoms with van der Waals surface area (Å²) >= 11 is 3.35. The van der Waals surface area contributed by atoms with Crippen molar-refractivity contribution >= 4 is 22.1 Å². The lowest BCUT2D eigenvalue weighted by Crippen LogP contribution is -2.36. The maximum Gasteiger partial charge on any atom is 0.119 e. The van der Waals surface area contributed by atoms with Crippen molar-refractivity contribution in [3.8, 4) is 6.07 Å². The highest BCUT2D eigenvalue weighted by molar-refractivity contribution is 9.12. The van der Waals surface area contributed by atoms with E-state index in [-0.39, 0.29) is 0 Å². The van der Waals surface area contributed by atoms with Gasteiger partial charge in [0.25, 0.3) is 0 Å². The van der Waals surface area contributed by atoms with E-state index in [1.807, 2.05) is 19.9 Å². The molecule has 3 nitrogen and oxygen atoms in total. The fourth-order valence-electron chi connectivity index (χ4n) is 1.02. The standard InChI is InChI=1S/C10H12BrN3/c1-10(2,7-12)14-9-4-3-8(11)5-13-6-9/h3,5-6,14H,4H2,1-2H3. The zero-order chi connectivity index (χ0) is 10.6. The van der Waals surface area contributed by atoms with E-state index >= 15 is 0 Å². The average Bonchev–Trinajstić information content (AvgIpc) is 2.31. The number of allylic oxidation sites excluding steroid dienone is 2. The zero-order valence-electron chi connectivity index (χ0n) is 8.21. The van der Waals surface area contributed by atoms with Crippen molar-refractivity contribution in [1.82, 2.24) is 5.32 Å². The molecule has 0 aliphatic carbocycles. The zero-order valence-corrected chi connectivity index (χ0v) is 9.80. The summed E-state index contributed by atoms with van der Waals surface area (Å²) < 4.78 is 0.959. The van der Waals surface area contributed by atoms with Crippen molar-refractivity contribution < 1.29 is 0 Å². The average molecular weight is 254 g/mol. The maximum absolute atomic E-state index is 8.84. The fourth-order valence-corrected chi connectivity index (χ4v) is 1.30. The van der Waals surface area contributed by atoms with Gasteiger partial charge in [0.15, 0.2) is 0 Å². The Morgan fingerprint density at radius 3 is 3.00 bits per heavy atom. The third-order valence-corrected chi connectivity index (χ3v) is 2.23. The third kappa shape index (κ3) is 3.35. The number of rotatable bonds is 2. The number of nitriles is 1. The van der Waals surface area contributed by atoms with E-state index in [0.717, 1.165) is 16.6 Å². The van der Waals surface area contributed by atoms with Crippen LogP contribution in [0.5, 0.6) is 0 Å². The lowest BCUT2D eigenvalue weighted by atomic mass is 10.1. The SMILES string of the molecule is CC(C)(C#N)NC1=CN=CC(Br)=CC1. The molecule has 0 bridgehead atoms. The first-order chi connectivity index (χ1) is 6.53. The van der Waals surface area contributed by atoms with Gasteiger partial charge in [-0.3, -0.25) is 4.99 Å². The van der Waals surface area contributed by atoms with Crippen molar-refractivity contribution in [1.29, 1.82) is 5.26 Å². The lowest BCUT2D eigenvalue weighted by molar-refractivity contribution is 0.537. The van der Waals surface area contributed by atoms with Crippen LogP contribution < -0.4 is 5.32 Å². The highest BCUT2D eigenvalue weighted by atomic mass is 79.9. The molecular weight excluding hydrogens is 242 g/mol. The van der Waals surface area contributed by atoms with Crippen LogP contribution in [0.15, 0.2) is 27.4 Å². The smallest absolute Gasteiger partial charge is 0.119 e. The molecule has 1 aliphatic heterocycles. The summed E-state index contributed by atoms with van der Waals surface area (Å²) in [5.41, 5.74) is 0.397. The van der Waals surface area contributed by atoms with E-state index in [4.69, 9.17) is 5.26 Å². The summed E-state index contributed by atoms with van der Waals surface area (Å²) in [5, 5.41) is 12.0. The number of nitrogens with one attached hydrogen (secondary N) is 1. The second kappa shape index (κ2) is 4.43. The van der Waals surface area contributed by atoms with Gasteiger partial charge in [-0.15, -0.1) is 0 Å². The lowest BCUT2D eigenvalue weighted by Gasteiger charge is -2.20. The predicted octanol–water partition coefficient (Wildman–Crippen LogP) is 2.47. The van der Waals surface area contributed by atoms with E-state index in [0.29, 0.717) is 0 Å². The molecule has 0 aromatic carbocycles. The van der Waals surface area contributed by atoms with Crippen molar-refractivity contribution in [2.75, 3.05) is 0 Å². The van der Waals surface area contributed by atoms with Crippen molar-refractivity contribution in [3.05, 3.63) is 22.5 Å². The first kappa shape index (κ1) is 11.0. The van der Waals surface area contributed by atoms with Gasteiger partial charge in [-0.1, -0.05) is 6.08 Å². The summed E-state index contributed by atoms with van der Waals surface area (Å²) in [6, 6.07) is 2.18. The summed E-state index contributed by atoms with van der Waals surface area (Å²) in [6.45, 7) is 3.67. The molecule has 4 heteroatoms. The van der Waals surface area contributed by atoms with E-state index in [9.17, 15) is 0 Å². The summed E-state index contributed by atoms with van der Waals surface area (Å²) in [4.78, 5) is 4.08. The van der Waals surface area contributed by atoms with E-state index in [1.165, 1.54) is 0 Å². The van der Waals surface area contributed by atoms with E-state index in [1.54, 1.807) is 12.4 Å². The normalized spacial score (nSPS) is 16.4. The fraction of sp³-hybridized carbons (Fsp3) is 0.400. The molecule has 0 atom stereocenters. The van der Waals surface area contributed by atoms with Crippen LogP contribution in [-0.4, -0.2) is 11.8 Å². The van der Waals surface area contributed by atoms with Crippen LogP contribution in [0.3, 0.4) is 0 Å². The molecule has 74 valence electrons. The van der Waals surface area contributed by atoms with Crippen LogP contribution in [-0.2, 0) is 0 Å². The molecule has 1 N–H and O–H groups in total. The van der Waals surface area contributed by atoms with Crippen LogP contribution in [0.2, 0.25) is 0 Å². The minimum Gasteiger partial charge on any atom is -0.370 e. The second-order valence-corrected chi connectivity index (χ2v) is 4.50. The largest absolute Gasteiger partial charge is 0.370 e. The first-order valence-corrected chi connectivity index (χ1v) is 5.10. The van der Waals surface area contributed by atoms with Gasteiger partial charge >= 0.3 is 0 Å². The number of aliphatic imine (C=N–C) groups is 1. The van der Waals surface area contributed by atoms with Gasteiger partial charge in [0.05, 0.1) is 6.07 Å². The molecule has 1 aliphatic rings. The van der Waals surface area contributed by atoms with Crippen molar-refractivity contribution in [2.24, 2.45) is 4.99 Å². The Morgan fingerprint density at radius 1 is 1.64 bits per heavy atom. The molecule has 0 saturated carbocycles. The van der Waals surface area contributed by atoms with Gasteiger partial charge in [-0.2, -0.15) is 5.26 Å². The molecule has 14 heavy (non-hydrogen) atoms. The van der Waals surface area contributed by atoms with Crippen LogP contribution in [0.25, 0.3) is 0 Å². The number of hydrogen-bond donors (Lipinski definition) is 1. The minimum atomic E-state index is -0.550. The van der Waals surface area contributed by atoms with Gasteiger partial charge in [0.1, 0.15) is 5.54 Å². The number of hydrogen-bond acceptors (Lipinski definition) is 3. The Bertz CT molecular complexity index is 342. The van der Waals surface area contributed by atoms with Crippen LogP contribution in [0.4, 0.5) is 0 Å². The highest BCUT2D eigenvalue weighted by Crippen LogP contribution is 2.13. The Kier molecular flexibility index (Phi) is 3.48.